The van der Waals surface area contributed by atoms with Crippen LogP contribution in [0.5, 0.6) is 0 Å². The number of hydrogen-bond donors (Lipinski definition) is 1. The molecular weight excluding hydrogens is 233 g/mol. The quantitative estimate of drug-likeness (QED) is 0.863. The van der Waals surface area contributed by atoms with Crippen LogP contribution in [0.1, 0.15) is 10.4 Å². The third kappa shape index (κ3) is 2.41. The first-order valence-electron chi connectivity index (χ1n) is 4.82. The van der Waals surface area contributed by atoms with Crippen LogP contribution in [-0.4, -0.2) is 16.7 Å². The van der Waals surface area contributed by atoms with Crippen LogP contribution >= 0.6 is 0 Å². The van der Waals surface area contributed by atoms with Crippen LogP contribution in [0.15, 0.2) is 30.5 Å². The van der Waals surface area contributed by atoms with Gasteiger partial charge in [-0.25, -0.2) is 0 Å². The highest BCUT2D eigenvalue weighted by molar-refractivity contribution is 5.97. The molecule has 2 aromatic rings. The van der Waals surface area contributed by atoms with Crippen LogP contribution in [0.4, 0.5) is 13.2 Å². The normalized spacial score (nSPS) is 11.9. The Morgan fingerprint density at radius 2 is 2.00 bits per heavy atom. The number of rotatable bonds is 2. The minimum Gasteiger partial charge on any atom is -0.366 e. The fraction of sp³-hybridized carbons (Fsp3) is 0.182. The van der Waals surface area contributed by atoms with Gasteiger partial charge >= 0.3 is 6.18 Å². The van der Waals surface area contributed by atoms with Crippen molar-refractivity contribution in [2.45, 2.75) is 12.7 Å². The molecular formula is C11H9F3N2O. The van der Waals surface area contributed by atoms with Crippen LogP contribution in [0, 0.1) is 0 Å². The molecule has 90 valence electrons. The van der Waals surface area contributed by atoms with Crippen LogP contribution in [0.3, 0.4) is 0 Å². The van der Waals surface area contributed by atoms with Crippen molar-refractivity contribution in [2.24, 2.45) is 5.73 Å². The third-order valence-corrected chi connectivity index (χ3v) is 2.41. The Morgan fingerprint density at radius 1 is 1.29 bits per heavy atom. The Morgan fingerprint density at radius 3 is 2.59 bits per heavy atom. The summed E-state index contributed by atoms with van der Waals surface area (Å²) in [6, 6.07) is 5.87. The maximum atomic E-state index is 12.3. The van der Waals surface area contributed by atoms with Gasteiger partial charge in [-0.2, -0.15) is 13.2 Å². The van der Waals surface area contributed by atoms with E-state index < -0.39 is 18.6 Å². The van der Waals surface area contributed by atoms with Gasteiger partial charge in [-0.1, -0.05) is 0 Å². The second-order valence-electron chi connectivity index (χ2n) is 3.70. The molecule has 1 aromatic heterocycles. The summed E-state index contributed by atoms with van der Waals surface area (Å²) >= 11 is 0. The summed E-state index contributed by atoms with van der Waals surface area (Å²) in [6.45, 7) is -1.05. The number of carbonyl (C=O) groups is 1. The number of benzene rings is 1. The molecule has 6 heteroatoms. The number of nitrogens with zero attached hydrogens (tertiary/aromatic N) is 1. The van der Waals surface area contributed by atoms with Gasteiger partial charge in [-0.05, 0) is 24.3 Å². The standard InChI is InChI=1S/C11H9F3N2O/c12-11(13,14)6-16-4-3-7-5-8(10(15)17)1-2-9(7)16/h1-5H,6H2,(H2,15,17). The first-order valence-corrected chi connectivity index (χ1v) is 4.82. The summed E-state index contributed by atoms with van der Waals surface area (Å²) in [4.78, 5) is 10.9. The average molecular weight is 242 g/mol. The number of nitrogens with two attached hydrogens (primary N) is 1. The van der Waals surface area contributed by atoms with Gasteiger partial charge in [-0.3, -0.25) is 4.79 Å². The van der Waals surface area contributed by atoms with E-state index in [1.807, 2.05) is 0 Å². The van der Waals surface area contributed by atoms with E-state index in [1.54, 1.807) is 0 Å². The van der Waals surface area contributed by atoms with Crippen molar-refractivity contribution >= 4 is 16.8 Å². The predicted molar refractivity (Wildman–Crippen MR) is 56.5 cm³/mol. The molecule has 0 fully saturated rings. The molecule has 2 rings (SSSR count). The Labute approximate surface area is 94.6 Å². The molecule has 0 aliphatic heterocycles. The van der Waals surface area contributed by atoms with Crippen molar-refractivity contribution in [3.05, 3.63) is 36.0 Å². The zero-order valence-electron chi connectivity index (χ0n) is 8.66. The molecule has 0 bridgehead atoms. The van der Waals surface area contributed by atoms with E-state index in [4.69, 9.17) is 5.73 Å². The van der Waals surface area contributed by atoms with Crippen LogP contribution in [-0.2, 0) is 6.54 Å². The lowest BCUT2D eigenvalue weighted by atomic mass is 10.1. The number of alkyl halides is 3. The fourth-order valence-corrected chi connectivity index (χ4v) is 1.68. The molecule has 1 aromatic carbocycles. The van der Waals surface area contributed by atoms with Gasteiger partial charge in [0.15, 0.2) is 0 Å². The maximum absolute atomic E-state index is 12.3. The molecule has 0 atom stereocenters. The van der Waals surface area contributed by atoms with Gasteiger partial charge in [0.2, 0.25) is 5.91 Å². The molecule has 0 spiro atoms. The highest BCUT2D eigenvalue weighted by atomic mass is 19.4. The van der Waals surface area contributed by atoms with Gasteiger partial charge in [0, 0.05) is 22.7 Å². The second kappa shape index (κ2) is 3.80. The van der Waals surface area contributed by atoms with Crippen LogP contribution < -0.4 is 5.73 Å². The van der Waals surface area contributed by atoms with E-state index >= 15 is 0 Å². The monoisotopic (exact) mass is 242 g/mol. The number of amides is 1. The first-order chi connectivity index (χ1) is 7.87. The third-order valence-electron chi connectivity index (χ3n) is 2.41. The zero-order valence-corrected chi connectivity index (χ0v) is 8.66. The van der Waals surface area contributed by atoms with E-state index in [2.05, 4.69) is 0 Å². The molecule has 0 radical (unpaired) electrons. The van der Waals surface area contributed by atoms with E-state index in [1.165, 1.54) is 30.5 Å². The minimum absolute atomic E-state index is 0.280. The van der Waals surface area contributed by atoms with Gasteiger partial charge in [0.25, 0.3) is 0 Å². The van der Waals surface area contributed by atoms with E-state index in [-0.39, 0.29) is 5.56 Å². The van der Waals surface area contributed by atoms with E-state index in [0.717, 1.165) is 4.57 Å². The summed E-state index contributed by atoms with van der Waals surface area (Å²) in [6.07, 6.45) is -2.93. The lowest BCUT2D eigenvalue weighted by molar-refractivity contribution is -0.139. The SMILES string of the molecule is NC(=O)c1ccc2c(ccn2CC(F)(F)F)c1. The zero-order chi connectivity index (χ0) is 12.6. The highest BCUT2D eigenvalue weighted by Gasteiger charge is 2.28. The topological polar surface area (TPSA) is 48.0 Å². The molecule has 0 saturated heterocycles. The van der Waals surface area contributed by atoms with E-state index in [9.17, 15) is 18.0 Å². The number of halogens is 3. The number of carbonyl (C=O) groups excluding carboxylic acids is 1. The summed E-state index contributed by atoms with van der Waals surface area (Å²) < 4.78 is 37.9. The Hall–Kier alpha value is -1.98. The lowest BCUT2D eigenvalue weighted by Crippen LogP contribution is -2.16. The Bertz CT molecular complexity index is 572. The van der Waals surface area contributed by atoms with Crippen molar-refractivity contribution in [3.63, 3.8) is 0 Å². The number of primary amides is 1. The molecule has 3 nitrogen and oxygen atoms in total. The predicted octanol–water partition coefficient (Wildman–Crippen LogP) is 2.30. The lowest BCUT2D eigenvalue weighted by Gasteiger charge is -2.09. The number of aromatic nitrogens is 1. The smallest absolute Gasteiger partial charge is 0.366 e. The summed E-state index contributed by atoms with van der Waals surface area (Å²) in [5.74, 6) is -0.601. The molecule has 0 saturated carbocycles. The van der Waals surface area contributed by atoms with Crippen molar-refractivity contribution in [3.8, 4) is 0 Å². The van der Waals surface area contributed by atoms with Crippen molar-refractivity contribution in [1.82, 2.24) is 4.57 Å². The van der Waals surface area contributed by atoms with Gasteiger partial charge in [0.05, 0.1) is 0 Å². The largest absolute Gasteiger partial charge is 0.406 e. The Kier molecular flexibility index (Phi) is 2.57. The minimum atomic E-state index is -4.27. The molecule has 1 amide bonds. The maximum Gasteiger partial charge on any atom is 0.406 e. The average Bonchev–Trinajstić information content (AvgIpc) is 2.58. The number of hydrogen-bond acceptors (Lipinski definition) is 1. The fourth-order valence-electron chi connectivity index (χ4n) is 1.68. The highest BCUT2D eigenvalue weighted by Crippen LogP contribution is 2.23. The van der Waals surface area contributed by atoms with Gasteiger partial charge in [0.1, 0.15) is 6.54 Å². The molecule has 17 heavy (non-hydrogen) atoms. The number of fused-ring (bicyclic) bond motifs is 1. The van der Waals surface area contributed by atoms with Crippen LogP contribution in [0.25, 0.3) is 10.9 Å². The second-order valence-corrected chi connectivity index (χ2v) is 3.70. The summed E-state index contributed by atoms with van der Waals surface area (Å²) in [5, 5.41) is 0.561. The molecule has 1 heterocycles. The molecule has 0 unspecified atom stereocenters. The van der Waals surface area contributed by atoms with Crippen LogP contribution in [0.2, 0.25) is 0 Å². The first kappa shape index (κ1) is 11.5. The Balaban J connectivity index is 2.45. The summed E-state index contributed by atoms with van der Waals surface area (Å²) in [7, 11) is 0. The van der Waals surface area contributed by atoms with Crippen molar-refractivity contribution < 1.29 is 18.0 Å². The van der Waals surface area contributed by atoms with Crippen molar-refractivity contribution in [1.29, 1.82) is 0 Å². The summed E-state index contributed by atoms with van der Waals surface area (Å²) in [5.41, 5.74) is 5.79. The van der Waals surface area contributed by atoms with Gasteiger partial charge < -0.3 is 10.3 Å². The van der Waals surface area contributed by atoms with E-state index in [0.29, 0.717) is 10.9 Å². The van der Waals surface area contributed by atoms with Gasteiger partial charge in [-0.15, -0.1) is 0 Å². The molecule has 0 aliphatic carbocycles. The molecule has 2 N–H and O–H groups in total. The van der Waals surface area contributed by atoms with Crippen molar-refractivity contribution in [2.75, 3.05) is 0 Å². The molecule has 0 aliphatic rings.